The van der Waals surface area contributed by atoms with Gasteiger partial charge in [0.1, 0.15) is 6.73 Å². The van der Waals surface area contributed by atoms with Crippen molar-refractivity contribution in [1.29, 1.82) is 0 Å². The van der Waals surface area contributed by atoms with Crippen LogP contribution in [0.15, 0.2) is 59.7 Å². The van der Waals surface area contributed by atoms with Crippen LogP contribution in [0.25, 0.3) is 11.2 Å². The van der Waals surface area contributed by atoms with Gasteiger partial charge in [-0.15, -0.1) is 0 Å². The number of pyridine rings is 2. The molecule has 1 saturated heterocycles. The Labute approximate surface area is 268 Å². The molecule has 6 rings (SSSR count). The van der Waals surface area contributed by atoms with Crippen LogP contribution in [0.1, 0.15) is 60.5 Å². The highest BCUT2D eigenvalue weighted by molar-refractivity contribution is 6.76. The zero-order valence-corrected chi connectivity index (χ0v) is 27.7. The zero-order valence-electron chi connectivity index (χ0n) is 26.7. The van der Waals surface area contributed by atoms with Gasteiger partial charge in [0.15, 0.2) is 17.3 Å². The van der Waals surface area contributed by atoms with Crippen LogP contribution < -0.4 is 11.0 Å². The van der Waals surface area contributed by atoms with Crippen LogP contribution in [0.5, 0.6) is 0 Å². The Hall–Kier alpha value is -3.90. The SMILES string of the molecule is C[Si](C)(C)CCOCn1c(=O)n(C2CCN(C(=O)N[C@@H]3CC[C@@H](c4cccc(F)c4F)Cc4cccnc43)CC2)c2cccnc21. The molecule has 12 heteroatoms. The topological polar surface area (TPSA) is 94.3 Å². The molecule has 0 bridgehead atoms. The molecule has 1 fully saturated rings. The molecule has 2 atom stereocenters. The van der Waals surface area contributed by atoms with Crippen molar-refractivity contribution < 1.29 is 18.3 Å². The van der Waals surface area contributed by atoms with Crippen molar-refractivity contribution in [3.63, 3.8) is 0 Å². The molecule has 9 nitrogen and oxygen atoms in total. The molecule has 0 saturated carbocycles. The Balaban J connectivity index is 1.12. The summed E-state index contributed by atoms with van der Waals surface area (Å²) in [6.07, 6.45) is 6.28. The molecule has 4 heterocycles. The average Bonchev–Trinajstić information content (AvgIpc) is 3.19. The molecule has 3 aromatic heterocycles. The van der Waals surface area contributed by atoms with Gasteiger partial charge in [-0.3, -0.25) is 14.1 Å². The van der Waals surface area contributed by atoms with Crippen LogP contribution in [0.3, 0.4) is 0 Å². The first-order valence-corrected chi connectivity index (χ1v) is 19.9. The lowest BCUT2D eigenvalue weighted by atomic mass is 9.90. The predicted octanol–water partition coefficient (Wildman–Crippen LogP) is 6.39. The minimum Gasteiger partial charge on any atom is -0.361 e. The van der Waals surface area contributed by atoms with Crippen molar-refractivity contribution >= 4 is 25.3 Å². The number of urea groups is 1. The maximum Gasteiger partial charge on any atom is 0.332 e. The number of piperidine rings is 1. The number of aromatic nitrogens is 4. The molecule has 2 aliphatic rings. The number of fused-ring (bicyclic) bond motifs is 2. The van der Waals surface area contributed by atoms with Crippen molar-refractivity contribution in [2.75, 3.05) is 19.7 Å². The van der Waals surface area contributed by atoms with Crippen molar-refractivity contribution in [3.05, 3.63) is 93.8 Å². The molecule has 1 aliphatic heterocycles. The molecular weight excluding hydrogens is 606 g/mol. The minimum absolute atomic E-state index is 0.0753. The summed E-state index contributed by atoms with van der Waals surface area (Å²) in [7, 11) is -1.26. The number of rotatable bonds is 8. The van der Waals surface area contributed by atoms with Crippen LogP contribution >= 0.6 is 0 Å². The van der Waals surface area contributed by atoms with Gasteiger partial charge in [0.25, 0.3) is 0 Å². The second-order valence-corrected chi connectivity index (χ2v) is 19.3. The number of hydrogen-bond donors (Lipinski definition) is 1. The van der Waals surface area contributed by atoms with Gasteiger partial charge in [0.2, 0.25) is 0 Å². The molecule has 244 valence electrons. The summed E-state index contributed by atoms with van der Waals surface area (Å²) in [5.41, 5.74) is 3.28. The van der Waals surface area contributed by atoms with Crippen LogP contribution in [0, 0.1) is 11.6 Å². The summed E-state index contributed by atoms with van der Waals surface area (Å²) in [4.78, 5) is 38.1. The molecule has 0 unspecified atom stereocenters. The van der Waals surface area contributed by atoms with Crippen LogP contribution in [0.4, 0.5) is 13.6 Å². The molecule has 4 aromatic rings. The Morgan fingerprint density at radius 2 is 1.76 bits per heavy atom. The third-order valence-corrected chi connectivity index (χ3v) is 11.0. The standard InChI is InChI=1S/C34H42F2N6O3Si/c1-46(2,3)20-19-45-22-41-32-29(10-6-16-38-32)42(34(41)44)25-13-17-40(18-14-25)33(43)39-28-12-11-23(21-24-7-5-15-37-31(24)28)26-8-4-9-27(35)30(26)36/h4-10,15-16,23,25,28H,11-14,17-22H2,1-3H3,(H,39,43)/t23-,28-/m1/s1. The molecule has 0 spiro atoms. The van der Waals surface area contributed by atoms with E-state index in [0.717, 1.165) is 28.9 Å². The van der Waals surface area contributed by atoms with E-state index in [2.05, 4.69) is 34.9 Å². The van der Waals surface area contributed by atoms with Crippen LogP contribution in [-0.4, -0.2) is 57.8 Å². The van der Waals surface area contributed by atoms with Crippen molar-refractivity contribution in [1.82, 2.24) is 29.3 Å². The highest BCUT2D eigenvalue weighted by Crippen LogP contribution is 2.37. The smallest absolute Gasteiger partial charge is 0.332 e. The molecule has 0 radical (unpaired) electrons. The van der Waals surface area contributed by atoms with Gasteiger partial charge in [-0.2, -0.15) is 0 Å². The summed E-state index contributed by atoms with van der Waals surface area (Å²) in [6, 6.07) is 12.2. The fourth-order valence-electron chi connectivity index (χ4n) is 6.73. The Bertz CT molecular complexity index is 1760. The normalized spacial score (nSPS) is 19.2. The fraction of sp³-hybridized carbons (Fsp3) is 0.471. The number of imidazole rings is 1. The number of ether oxygens (including phenoxy) is 1. The van der Waals surface area contributed by atoms with E-state index in [9.17, 15) is 18.4 Å². The van der Waals surface area contributed by atoms with E-state index < -0.39 is 19.7 Å². The van der Waals surface area contributed by atoms with E-state index in [4.69, 9.17) is 4.74 Å². The highest BCUT2D eigenvalue weighted by Gasteiger charge is 2.32. The number of halogens is 2. The fourth-order valence-corrected chi connectivity index (χ4v) is 7.49. The second-order valence-electron chi connectivity index (χ2n) is 13.7. The molecule has 1 aromatic carbocycles. The molecule has 46 heavy (non-hydrogen) atoms. The highest BCUT2D eigenvalue weighted by atomic mass is 28.3. The summed E-state index contributed by atoms with van der Waals surface area (Å²) < 4.78 is 38.1. The molecular formula is C34H42F2N6O3Si. The molecule has 2 amide bonds. The van der Waals surface area contributed by atoms with Gasteiger partial charge in [0, 0.05) is 46.2 Å². The molecule has 1 aliphatic carbocycles. The number of nitrogens with one attached hydrogen (secondary N) is 1. The maximum absolute atomic E-state index is 14.7. The van der Waals surface area contributed by atoms with Gasteiger partial charge in [-0.1, -0.05) is 37.8 Å². The summed E-state index contributed by atoms with van der Waals surface area (Å²) in [6.45, 7) is 8.63. The lowest BCUT2D eigenvalue weighted by molar-refractivity contribution is 0.0861. The number of amides is 2. The molecule has 1 N–H and O–H groups in total. The Kier molecular flexibility index (Phi) is 9.37. The number of carbonyl (C=O) groups excluding carboxylic acids is 1. The maximum atomic E-state index is 14.7. The van der Waals surface area contributed by atoms with Gasteiger partial charge in [-0.25, -0.2) is 23.4 Å². The predicted molar refractivity (Wildman–Crippen MR) is 175 cm³/mol. The van der Waals surface area contributed by atoms with E-state index in [1.54, 1.807) is 27.9 Å². The van der Waals surface area contributed by atoms with Gasteiger partial charge < -0.3 is 15.0 Å². The average molecular weight is 649 g/mol. The first-order valence-electron chi connectivity index (χ1n) is 16.2. The first kappa shape index (κ1) is 32.1. The van der Waals surface area contributed by atoms with Gasteiger partial charge in [-0.05, 0) is 79.5 Å². The van der Waals surface area contributed by atoms with E-state index in [1.165, 1.54) is 6.07 Å². The lowest BCUT2D eigenvalue weighted by Crippen LogP contribution is -2.46. The van der Waals surface area contributed by atoms with Crippen molar-refractivity contribution in [2.45, 2.75) is 82.5 Å². The number of hydrogen-bond acceptors (Lipinski definition) is 5. The zero-order chi connectivity index (χ0) is 32.4. The minimum atomic E-state index is -1.26. The van der Waals surface area contributed by atoms with Crippen molar-refractivity contribution in [3.8, 4) is 0 Å². The van der Waals surface area contributed by atoms with Gasteiger partial charge >= 0.3 is 11.7 Å². The Morgan fingerprint density at radius 1 is 1.00 bits per heavy atom. The van der Waals surface area contributed by atoms with E-state index in [1.807, 2.05) is 28.8 Å². The van der Waals surface area contributed by atoms with E-state index >= 15 is 0 Å². The van der Waals surface area contributed by atoms with E-state index in [0.29, 0.717) is 63.0 Å². The number of nitrogens with zero attached hydrogens (tertiary/aromatic N) is 5. The largest absolute Gasteiger partial charge is 0.361 e. The summed E-state index contributed by atoms with van der Waals surface area (Å²) in [5, 5.41) is 3.18. The number of likely N-dealkylation sites (tertiary alicyclic amines) is 1. The van der Waals surface area contributed by atoms with E-state index in [-0.39, 0.29) is 36.5 Å². The monoisotopic (exact) mass is 648 g/mol. The quantitative estimate of drug-likeness (QED) is 0.136. The third kappa shape index (κ3) is 6.78. The Morgan fingerprint density at radius 3 is 2.54 bits per heavy atom. The number of benzene rings is 1. The second kappa shape index (κ2) is 13.4. The van der Waals surface area contributed by atoms with Crippen molar-refractivity contribution in [2.24, 2.45) is 0 Å². The van der Waals surface area contributed by atoms with Crippen LogP contribution in [-0.2, 0) is 17.9 Å². The number of carbonyl (C=O) groups is 1. The summed E-state index contributed by atoms with van der Waals surface area (Å²) >= 11 is 0. The lowest BCUT2D eigenvalue weighted by Gasteiger charge is -2.33. The van der Waals surface area contributed by atoms with Gasteiger partial charge in [0.05, 0.1) is 17.3 Å². The third-order valence-electron chi connectivity index (χ3n) is 9.30. The first-order chi connectivity index (χ1) is 22.1. The van der Waals surface area contributed by atoms with Crippen LogP contribution in [0.2, 0.25) is 25.7 Å². The summed E-state index contributed by atoms with van der Waals surface area (Å²) in [5.74, 6) is -1.89.